The number of carbonyl (C=O) groups excluding carboxylic acids is 4. The van der Waals surface area contributed by atoms with Crippen molar-refractivity contribution < 1.29 is 37.9 Å². The maximum absolute atomic E-state index is 13.8. The molecule has 0 saturated carbocycles. The number of aryl methyl sites for hydroxylation is 1. The summed E-state index contributed by atoms with van der Waals surface area (Å²) in [5.41, 5.74) is 0.906. The first-order chi connectivity index (χ1) is 23.2. The lowest BCUT2D eigenvalue weighted by molar-refractivity contribution is -0.134. The Morgan fingerprint density at radius 2 is 1.52 bits per heavy atom. The second kappa shape index (κ2) is 16.6. The molecule has 3 amide bonds. The number of hydrogen-bond donors (Lipinski definition) is 3. The third-order valence-electron chi connectivity index (χ3n) is 8.44. The van der Waals surface area contributed by atoms with Crippen LogP contribution >= 0.6 is 0 Å². The van der Waals surface area contributed by atoms with E-state index in [1.807, 2.05) is 60.7 Å². The van der Waals surface area contributed by atoms with Gasteiger partial charge in [-0.3, -0.25) is 24.1 Å². The van der Waals surface area contributed by atoms with Crippen molar-refractivity contribution in [3.05, 3.63) is 89.3 Å². The predicted molar refractivity (Wildman–Crippen MR) is 174 cm³/mol. The fraction of sp³-hybridized carbons (Fsp3) is 0.457. The highest BCUT2D eigenvalue weighted by atomic mass is 16.6. The smallest absolute Gasteiger partial charge is 0.274 e. The Labute approximate surface area is 279 Å². The van der Waals surface area contributed by atoms with Crippen LogP contribution in [0.1, 0.15) is 40.7 Å². The molecular formula is C35H43N5O8. The summed E-state index contributed by atoms with van der Waals surface area (Å²) in [7, 11) is 1.41. The summed E-state index contributed by atoms with van der Waals surface area (Å²) in [6.45, 7) is 5.02. The number of hydrogen-bond acceptors (Lipinski definition) is 10. The first-order valence-electron chi connectivity index (χ1n) is 16.2. The fourth-order valence-corrected chi connectivity index (χ4v) is 5.50. The van der Waals surface area contributed by atoms with E-state index in [1.54, 1.807) is 13.0 Å². The number of carbonyl (C=O) groups is 4. The van der Waals surface area contributed by atoms with Gasteiger partial charge in [0.2, 0.25) is 11.8 Å². The van der Waals surface area contributed by atoms with Gasteiger partial charge in [-0.05, 0) is 37.3 Å². The molecule has 256 valence electrons. The average molecular weight is 662 g/mol. The number of morpholine rings is 1. The van der Waals surface area contributed by atoms with Crippen LogP contribution in [0.4, 0.5) is 0 Å². The average Bonchev–Trinajstić information content (AvgIpc) is 3.69. The fourth-order valence-electron chi connectivity index (χ4n) is 5.50. The van der Waals surface area contributed by atoms with Crippen LogP contribution in [0.2, 0.25) is 0 Å². The molecule has 5 rings (SSSR count). The minimum atomic E-state index is -1.15. The van der Waals surface area contributed by atoms with Gasteiger partial charge in [0.25, 0.3) is 5.91 Å². The summed E-state index contributed by atoms with van der Waals surface area (Å²) in [5, 5.41) is 12.3. The lowest BCUT2D eigenvalue weighted by Crippen LogP contribution is -2.58. The summed E-state index contributed by atoms with van der Waals surface area (Å²) in [5.74, 6) is -1.50. The lowest BCUT2D eigenvalue weighted by atomic mass is 9.94. The van der Waals surface area contributed by atoms with Crippen molar-refractivity contribution in [2.75, 3.05) is 46.6 Å². The van der Waals surface area contributed by atoms with Crippen LogP contribution in [0.5, 0.6) is 0 Å². The Morgan fingerprint density at radius 3 is 2.17 bits per heavy atom. The van der Waals surface area contributed by atoms with Crippen molar-refractivity contribution in [2.24, 2.45) is 0 Å². The van der Waals surface area contributed by atoms with Gasteiger partial charge in [0.1, 0.15) is 17.7 Å². The molecule has 2 aromatic carbocycles. The van der Waals surface area contributed by atoms with Crippen molar-refractivity contribution in [1.29, 1.82) is 0 Å². The van der Waals surface area contributed by atoms with Gasteiger partial charge in [0.05, 0.1) is 39.0 Å². The highest BCUT2D eigenvalue weighted by molar-refractivity contribution is 5.99. The van der Waals surface area contributed by atoms with Gasteiger partial charge in [-0.1, -0.05) is 65.8 Å². The van der Waals surface area contributed by atoms with Gasteiger partial charge in [0.15, 0.2) is 17.2 Å². The lowest BCUT2D eigenvalue weighted by Gasteiger charge is -2.25. The molecule has 2 fully saturated rings. The number of epoxide rings is 1. The summed E-state index contributed by atoms with van der Waals surface area (Å²) >= 11 is 0. The number of benzene rings is 2. The third-order valence-corrected chi connectivity index (χ3v) is 8.44. The molecule has 48 heavy (non-hydrogen) atoms. The number of aromatic nitrogens is 1. The van der Waals surface area contributed by atoms with Gasteiger partial charge in [-0.25, -0.2) is 0 Å². The van der Waals surface area contributed by atoms with Gasteiger partial charge in [0, 0.05) is 26.3 Å². The van der Waals surface area contributed by atoms with Crippen molar-refractivity contribution >= 4 is 23.5 Å². The molecule has 1 unspecified atom stereocenters. The number of amides is 3. The zero-order valence-electron chi connectivity index (χ0n) is 27.3. The van der Waals surface area contributed by atoms with Gasteiger partial charge in [-0.2, -0.15) is 0 Å². The molecule has 3 heterocycles. The Balaban J connectivity index is 1.27. The number of methoxy groups -OCH3 is 1. The first kappa shape index (κ1) is 34.9. The Hall–Kier alpha value is -4.43. The summed E-state index contributed by atoms with van der Waals surface area (Å²) < 4.78 is 21.5. The van der Waals surface area contributed by atoms with Crippen LogP contribution in [0.15, 0.2) is 71.3 Å². The van der Waals surface area contributed by atoms with Crippen LogP contribution in [0.25, 0.3) is 0 Å². The summed E-state index contributed by atoms with van der Waals surface area (Å²) in [4.78, 5) is 56.2. The van der Waals surface area contributed by atoms with Crippen molar-refractivity contribution in [3.8, 4) is 0 Å². The molecule has 1 aromatic heterocycles. The molecule has 0 aliphatic carbocycles. The molecule has 2 aliphatic heterocycles. The van der Waals surface area contributed by atoms with E-state index in [0.29, 0.717) is 31.9 Å². The maximum Gasteiger partial charge on any atom is 0.274 e. The zero-order valence-corrected chi connectivity index (χ0v) is 27.3. The van der Waals surface area contributed by atoms with E-state index in [0.717, 1.165) is 24.2 Å². The molecule has 3 aromatic rings. The van der Waals surface area contributed by atoms with E-state index < -0.39 is 41.4 Å². The quantitative estimate of drug-likeness (QED) is 0.181. The largest absolute Gasteiger partial charge is 0.382 e. The highest BCUT2D eigenvalue weighted by Crippen LogP contribution is 2.29. The number of Topliss-reactive ketones (excluding diaryl/α,β-unsaturated/α-hetero) is 1. The van der Waals surface area contributed by atoms with Crippen molar-refractivity contribution in [2.45, 2.75) is 56.5 Å². The van der Waals surface area contributed by atoms with Crippen molar-refractivity contribution in [3.63, 3.8) is 0 Å². The highest BCUT2D eigenvalue weighted by Gasteiger charge is 2.50. The van der Waals surface area contributed by atoms with Gasteiger partial charge < -0.3 is 34.7 Å². The molecule has 0 radical (unpaired) electrons. The normalized spacial score (nSPS) is 19.5. The zero-order chi connectivity index (χ0) is 33.9. The number of rotatable bonds is 17. The molecule has 4 atom stereocenters. The molecule has 2 saturated heterocycles. The second-order valence-electron chi connectivity index (χ2n) is 12.3. The van der Waals surface area contributed by atoms with Gasteiger partial charge in [-0.15, -0.1) is 0 Å². The first-order valence-corrected chi connectivity index (χ1v) is 16.2. The Bertz CT molecular complexity index is 1520. The maximum atomic E-state index is 13.8. The Morgan fingerprint density at radius 1 is 0.896 bits per heavy atom. The molecule has 13 nitrogen and oxygen atoms in total. The van der Waals surface area contributed by atoms with E-state index in [1.165, 1.54) is 7.11 Å². The van der Waals surface area contributed by atoms with Crippen molar-refractivity contribution in [1.82, 2.24) is 26.0 Å². The molecule has 13 heteroatoms. The Kier molecular flexibility index (Phi) is 12.1. The SMILES string of the molecule is COC[C@H](NC(=O)[C@H](CCc1ccccc1)NC(=O)c1cc(CN2CCOCC2)on1)C(=O)N[C@@H](Cc1ccccc1)C(=O)C1(C)CO1. The van der Waals surface area contributed by atoms with Crippen LogP contribution in [-0.4, -0.2) is 104 Å². The molecule has 2 aliphatic rings. The molecule has 3 N–H and O–H groups in total. The molecule has 0 spiro atoms. The van der Waals surface area contributed by atoms with Crippen LogP contribution in [0, 0.1) is 0 Å². The summed E-state index contributed by atoms with van der Waals surface area (Å²) in [6, 6.07) is 17.4. The molecular weight excluding hydrogens is 618 g/mol. The van der Waals surface area contributed by atoms with Crippen LogP contribution in [0.3, 0.4) is 0 Å². The standard InChI is InChI=1S/C35H43N5O8/c1-35(23-47-35)31(41)28(19-25-11-7-4-8-12-25)37-34(44)30(22-45-2)38-32(42)27(14-13-24-9-5-3-6-10-24)36-33(43)29-20-26(48-39-29)21-40-15-17-46-18-16-40/h3-12,20,27-28,30H,13-19,21-23H2,1-2H3,(H,36,43)(H,37,44)(H,38,42)/t27-,28-,30-,35?/m0/s1. The minimum Gasteiger partial charge on any atom is -0.382 e. The monoisotopic (exact) mass is 661 g/mol. The topological polar surface area (TPSA) is 165 Å². The number of nitrogens with zero attached hydrogens (tertiary/aromatic N) is 2. The van der Waals surface area contributed by atoms with E-state index in [9.17, 15) is 19.2 Å². The summed E-state index contributed by atoms with van der Waals surface area (Å²) in [6.07, 6.45) is 0.971. The van der Waals surface area contributed by atoms with E-state index >= 15 is 0 Å². The van der Waals surface area contributed by atoms with Gasteiger partial charge >= 0.3 is 0 Å². The number of ketones is 1. The van der Waals surface area contributed by atoms with E-state index in [-0.39, 0.29) is 37.5 Å². The van der Waals surface area contributed by atoms with E-state index in [4.69, 9.17) is 18.7 Å². The predicted octanol–water partition coefficient (Wildman–Crippen LogP) is 1.45. The van der Waals surface area contributed by atoms with E-state index in [2.05, 4.69) is 26.0 Å². The minimum absolute atomic E-state index is 0.0417. The van der Waals surface area contributed by atoms with Crippen LogP contribution < -0.4 is 16.0 Å². The number of nitrogens with one attached hydrogen (secondary N) is 3. The number of ether oxygens (including phenoxy) is 3. The second-order valence-corrected chi connectivity index (χ2v) is 12.3. The molecule has 0 bridgehead atoms. The third kappa shape index (κ3) is 9.80. The van der Waals surface area contributed by atoms with Crippen LogP contribution in [-0.2, 0) is 48.0 Å².